The van der Waals surface area contributed by atoms with Gasteiger partial charge in [0.25, 0.3) is 0 Å². The Morgan fingerprint density at radius 2 is 2.33 bits per heavy atom. The molecule has 66 valence electrons. The van der Waals surface area contributed by atoms with E-state index in [-0.39, 0.29) is 0 Å². The summed E-state index contributed by atoms with van der Waals surface area (Å²) in [5.41, 5.74) is 0.867. The lowest BCUT2D eigenvalue weighted by Gasteiger charge is -2.15. The van der Waals surface area contributed by atoms with Crippen molar-refractivity contribution in [3.05, 3.63) is 30.1 Å². The highest BCUT2D eigenvalue weighted by atomic mass is 16.3. The number of rotatable bonds is 3. The van der Waals surface area contributed by atoms with Crippen molar-refractivity contribution >= 4 is 0 Å². The van der Waals surface area contributed by atoms with Gasteiger partial charge in [-0.3, -0.25) is 4.98 Å². The highest BCUT2D eigenvalue weighted by Gasteiger charge is 2.07. The first-order valence-corrected chi connectivity index (χ1v) is 3.93. The first-order chi connectivity index (χ1) is 5.70. The van der Waals surface area contributed by atoms with E-state index in [4.69, 9.17) is 0 Å². The Hall–Kier alpha value is -0.930. The van der Waals surface area contributed by atoms with Gasteiger partial charge in [0.1, 0.15) is 0 Å². The molecule has 1 atom stereocenters. The van der Waals surface area contributed by atoms with Crippen molar-refractivity contribution < 1.29 is 5.11 Å². The summed E-state index contributed by atoms with van der Waals surface area (Å²) in [6.07, 6.45) is 2.95. The average Bonchev–Trinajstić information content (AvgIpc) is 2.05. The molecule has 0 fully saturated rings. The van der Waals surface area contributed by atoms with Crippen molar-refractivity contribution in [1.29, 1.82) is 0 Å². The Kier molecular flexibility index (Phi) is 3.19. The third kappa shape index (κ3) is 2.60. The van der Waals surface area contributed by atoms with Crippen molar-refractivity contribution in [2.24, 2.45) is 0 Å². The quantitative estimate of drug-likeness (QED) is 0.717. The number of hydrogen-bond acceptors (Lipinski definition) is 3. The Bertz CT molecular complexity index is 223. The monoisotopic (exact) mass is 166 g/mol. The van der Waals surface area contributed by atoms with Gasteiger partial charge in [0.05, 0.1) is 6.10 Å². The minimum absolute atomic E-state index is 0.436. The van der Waals surface area contributed by atoms with Crippen LogP contribution in [0, 0.1) is 0 Å². The van der Waals surface area contributed by atoms with Crippen LogP contribution in [0.2, 0.25) is 0 Å². The van der Waals surface area contributed by atoms with Crippen molar-refractivity contribution in [1.82, 2.24) is 9.88 Å². The molecule has 3 nitrogen and oxygen atoms in total. The first-order valence-electron chi connectivity index (χ1n) is 3.93. The number of likely N-dealkylation sites (N-methyl/N-ethyl adjacent to an activating group) is 1. The van der Waals surface area contributed by atoms with Crippen LogP contribution in [-0.2, 0) is 0 Å². The van der Waals surface area contributed by atoms with E-state index in [9.17, 15) is 5.11 Å². The fraction of sp³-hybridized carbons (Fsp3) is 0.444. The average molecular weight is 166 g/mol. The largest absolute Gasteiger partial charge is 0.387 e. The van der Waals surface area contributed by atoms with Gasteiger partial charge in [-0.25, -0.2) is 0 Å². The zero-order valence-electron chi connectivity index (χ0n) is 7.44. The summed E-state index contributed by atoms with van der Waals surface area (Å²) in [6.45, 7) is 0.631. The number of pyridine rings is 1. The molecular weight excluding hydrogens is 152 g/mol. The van der Waals surface area contributed by atoms with E-state index in [1.54, 1.807) is 12.4 Å². The van der Waals surface area contributed by atoms with E-state index in [0.29, 0.717) is 6.54 Å². The Morgan fingerprint density at radius 3 is 2.83 bits per heavy atom. The highest BCUT2D eigenvalue weighted by Crippen LogP contribution is 2.10. The summed E-state index contributed by atoms with van der Waals surface area (Å²) in [7, 11) is 3.86. The molecule has 0 unspecified atom stereocenters. The van der Waals surface area contributed by atoms with Crippen molar-refractivity contribution in [3.63, 3.8) is 0 Å². The van der Waals surface area contributed by atoms with Gasteiger partial charge in [-0.1, -0.05) is 6.07 Å². The number of aromatic nitrogens is 1. The molecule has 1 heterocycles. The van der Waals surface area contributed by atoms with Crippen LogP contribution in [0.15, 0.2) is 24.5 Å². The number of hydrogen-bond donors (Lipinski definition) is 1. The third-order valence-electron chi connectivity index (χ3n) is 1.61. The van der Waals surface area contributed by atoms with Gasteiger partial charge in [-0.15, -0.1) is 0 Å². The molecule has 0 radical (unpaired) electrons. The van der Waals surface area contributed by atoms with Crippen molar-refractivity contribution in [2.45, 2.75) is 6.10 Å². The van der Waals surface area contributed by atoms with Crippen LogP contribution >= 0.6 is 0 Å². The molecule has 0 aliphatic carbocycles. The summed E-state index contributed by atoms with van der Waals surface area (Å²) >= 11 is 0. The van der Waals surface area contributed by atoms with Crippen LogP contribution in [0.3, 0.4) is 0 Å². The molecule has 1 rings (SSSR count). The molecule has 12 heavy (non-hydrogen) atoms. The predicted molar refractivity (Wildman–Crippen MR) is 47.8 cm³/mol. The zero-order chi connectivity index (χ0) is 8.97. The van der Waals surface area contributed by atoms with Crippen LogP contribution in [0.5, 0.6) is 0 Å². The molecule has 0 aromatic carbocycles. The van der Waals surface area contributed by atoms with Gasteiger partial charge in [0.15, 0.2) is 0 Å². The predicted octanol–water partition coefficient (Wildman–Crippen LogP) is 0.677. The maximum atomic E-state index is 9.61. The fourth-order valence-corrected chi connectivity index (χ4v) is 1.02. The molecule has 0 saturated heterocycles. The van der Waals surface area contributed by atoms with E-state index < -0.39 is 6.10 Å². The maximum absolute atomic E-state index is 9.61. The van der Waals surface area contributed by atoms with Gasteiger partial charge in [-0.05, 0) is 20.2 Å². The standard InChI is InChI=1S/C9H14N2O/c1-11(2)7-9(12)8-4-3-5-10-6-8/h3-6,9,12H,7H2,1-2H3/t9-/m0/s1. The van der Waals surface area contributed by atoms with Gasteiger partial charge in [0, 0.05) is 24.5 Å². The summed E-state index contributed by atoms with van der Waals surface area (Å²) in [5.74, 6) is 0. The molecule has 0 amide bonds. The van der Waals surface area contributed by atoms with E-state index in [1.165, 1.54) is 0 Å². The van der Waals surface area contributed by atoms with Crippen LogP contribution in [0.25, 0.3) is 0 Å². The lowest BCUT2D eigenvalue weighted by molar-refractivity contribution is 0.138. The van der Waals surface area contributed by atoms with Crippen LogP contribution in [-0.4, -0.2) is 35.6 Å². The second-order valence-corrected chi connectivity index (χ2v) is 3.06. The van der Waals surface area contributed by atoms with E-state index in [2.05, 4.69) is 4.98 Å². The smallest absolute Gasteiger partial charge is 0.0931 e. The SMILES string of the molecule is CN(C)C[C@H](O)c1cccnc1. The van der Waals surface area contributed by atoms with Gasteiger partial charge < -0.3 is 10.0 Å². The molecule has 3 heteroatoms. The summed E-state index contributed by atoms with van der Waals surface area (Å²) in [6, 6.07) is 3.70. The summed E-state index contributed by atoms with van der Waals surface area (Å²) in [5, 5.41) is 9.61. The van der Waals surface area contributed by atoms with Crippen molar-refractivity contribution in [3.8, 4) is 0 Å². The molecule has 0 aliphatic heterocycles. The minimum atomic E-state index is -0.436. The highest BCUT2D eigenvalue weighted by molar-refractivity contribution is 5.11. The first kappa shape index (κ1) is 9.16. The minimum Gasteiger partial charge on any atom is -0.387 e. The lowest BCUT2D eigenvalue weighted by atomic mass is 10.1. The second-order valence-electron chi connectivity index (χ2n) is 3.06. The number of aliphatic hydroxyl groups is 1. The summed E-state index contributed by atoms with van der Waals surface area (Å²) in [4.78, 5) is 5.88. The topological polar surface area (TPSA) is 36.4 Å². The van der Waals surface area contributed by atoms with Gasteiger partial charge in [0.2, 0.25) is 0 Å². The molecule has 1 N–H and O–H groups in total. The van der Waals surface area contributed by atoms with E-state index in [1.807, 2.05) is 31.1 Å². The normalized spacial score (nSPS) is 13.3. The third-order valence-corrected chi connectivity index (χ3v) is 1.61. The molecular formula is C9H14N2O. The molecule has 0 spiro atoms. The van der Waals surface area contributed by atoms with Crippen molar-refractivity contribution in [2.75, 3.05) is 20.6 Å². The van der Waals surface area contributed by atoms with Crippen LogP contribution < -0.4 is 0 Å². The number of nitrogens with zero attached hydrogens (tertiary/aromatic N) is 2. The second kappa shape index (κ2) is 4.18. The molecule has 1 aromatic rings. The van der Waals surface area contributed by atoms with E-state index in [0.717, 1.165) is 5.56 Å². The van der Waals surface area contributed by atoms with Gasteiger partial charge in [-0.2, -0.15) is 0 Å². The lowest BCUT2D eigenvalue weighted by Crippen LogP contribution is -2.19. The van der Waals surface area contributed by atoms with E-state index >= 15 is 0 Å². The zero-order valence-corrected chi connectivity index (χ0v) is 7.44. The molecule has 0 aliphatic rings. The Labute approximate surface area is 72.7 Å². The van der Waals surface area contributed by atoms with Crippen LogP contribution in [0.4, 0.5) is 0 Å². The molecule has 0 bridgehead atoms. The number of aliphatic hydroxyl groups excluding tert-OH is 1. The Balaban J connectivity index is 2.59. The van der Waals surface area contributed by atoms with Crippen LogP contribution in [0.1, 0.15) is 11.7 Å². The molecule has 1 aromatic heterocycles. The molecule has 0 saturated carbocycles. The summed E-state index contributed by atoms with van der Waals surface area (Å²) < 4.78 is 0. The maximum Gasteiger partial charge on any atom is 0.0931 e. The fourth-order valence-electron chi connectivity index (χ4n) is 1.02. The Morgan fingerprint density at radius 1 is 1.58 bits per heavy atom. The van der Waals surface area contributed by atoms with Gasteiger partial charge >= 0.3 is 0 Å².